The predicted molar refractivity (Wildman–Crippen MR) is 101 cm³/mol. The lowest BCUT2D eigenvalue weighted by atomic mass is 9.97. The number of carbonyl (C=O) groups is 2. The summed E-state index contributed by atoms with van der Waals surface area (Å²) in [6.07, 6.45) is 0.907. The van der Waals surface area contributed by atoms with Crippen LogP contribution in [0.25, 0.3) is 10.6 Å². The number of rotatable bonds is 3. The molecule has 1 N–H and O–H groups in total. The zero-order valence-corrected chi connectivity index (χ0v) is 16.6. The van der Waals surface area contributed by atoms with Crippen LogP contribution in [0.1, 0.15) is 39.5 Å². The molecule has 3 rings (SSSR count). The van der Waals surface area contributed by atoms with E-state index in [9.17, 15) is 14.4 Å². The van der Waals surface area contributed by atoms with Gasteiger partial charge in [0.25, 0.3) is 11.5 Å². The summed E-state index contributed by atoms with van der Waals surface area (Å²) in [6.45, 7) is 6.24. The Bertz CT molecular complexity index is 970. The van der Waals surface area contributed by atoms with Gasteiger partial charge in [-0.05, 0) is 39.2 Å². The molecule has 3 heterocycles. The van der Waals surface area contributed by atoms with Crippen molar-refractivity contribution in [2.45, 2.75) is 33.6 Å². The number of carboxylic acid groups (broad SMARTS) is 1. The SMILES string of the molecule is Cc1nc(-c2c(C)c(C)nn(C)c2=O)sc1C(=O)N1CCC(C(=O)O)CC1. The lowest BCUT2D eigenvalue weighted by Crippen LogP contribution is -2.40. The van der Waals surface area contributed by atoms with E-state index in [2.05, 4.69) is 10.1 Å². The van der Waals surface area contributed by atoms with Crippen molar-refractivity contribution in [3.8, 4) is 10.6 Å². The maximum atomic E-state index is 12.9. The van der Waals surface area contributed by atoms with E-state index < -0.39 is 11.9 Å². The lowest BCUT2D eigenvalue weighted by Gasteiger charge is -2.29. The molecule has 1 aliphatic rings. The van der Waals surface area contributed by atoms with Crippen LogP contribution >= 0.6 is 11.3 Å². The highest BCUT2D eigenvalue weighted by molar-refractivity contribution is 7.17. The van der Waals surface area contributed by atoms with Crippen LogP contribution < -0.4 is 5.56 Å². The molecule has 0 spiro atoms. The molecule has 0 atom stereocenters. The summed E-state index contributed by atoms with van der Waals surface area (Å²) >= 11 is 1.21. The van der Waals surface area contributed by atoms with Crippen molar-refractivity contribution in [2.24, 2.45) is 13.0 Å². The number of aromatic nitrogens is 3. The first kappa shape index (κ1) is 19.2. The summed E-state index contributed by atoms with van der Waals surface area (Å²) in [7, 11) is 1.59. The molecule has 2 aromatic heterocycles. The molecule has 0 aliphatic carbocycles. The highest BCUT2D eigenvalue weighted by atomic mass is 32.1. The molecule has 0 unspecified atom stereocenters. The van der Waals surface area contributed by atoms with Crippen LogP contribution in [0.4, 0.5) is 0 Å². The summed E-state index contributed by atoms with van der Waals surface area (Å²) < 4.78 is 1.28. The van der Waals surface area contributed by atoms with Gasteiger partial charge in [0.1, 0.15) is 9.88 Å². The maximum absolute atomic E-state index is 12.9. The fourth-order valence-electron chi connectivity index (χ4n) is 3.28. The third-order valence-corrected chi connectivity index (χ3v) is 6.22. The lowest BCUT2D eigenvalue weighted by molar-refractivity contribution is -0.143. The van der Waals surface area contributed by atoms with Gasteiger partial charge in [0.05, 0.1) is 22.9 Å². The smallest absolute Gasteiger partial charge is 0.306 e. The molecule has 1 fully saturated rings. The Labute approximate surface area is 160 Å². The largest absolute Gasteiger partial charge is 0.481 e. The first-order chi connectivity index (χ1) is 12.7. The van der Waals surface area contributed by atoms with E-state index >= 15 is 0 Å². The predicted octanol–water partition coefficient (Wildman–Crippen LogP) is 1.77. The molecule has 9 heteroatoms. The number of carboxylic acids is 1. The van der Waals surface area contributed by atoms with Gasteiger partial charge in [-0.25, -0.2) is 9.67 Å². The molecule has 1 saturated heterocycles. The van der Waals surface area contributed by atoms with Crippen LogP contribution in [0.15, 0.2) is 4.79 Å². The molecule has 0 radical (unpaired) electrons. The van der Waals surface area contributed by atoms with Gasteiger partial charge in [-0.1, -0.05) is 0 Å². The molecular formula is C18H22N4O4S. The highest BCUT2D eigenvalue weighted by Crippen LogP contribution is 2.30. The number of piperidine rings is 1. The average Bonchev–Trinajstić information content (AvgIpc) is 3.01. The number of amides is 1. The summed E-state index contributed by atoms with van der Waals surface area (Å²) in [6, 6.07) is 0. The molecule has 27 heavy (non-hydrogen) atoms. The second-order valence-electron chi connectivity index (χ2n) is 6.85. The molecule has 2 aromatic rings. The van der Waals surface area contributed by atoms with Gasteiger partial charge in [0.15, 0.2) is 0 Å². The van der Waals surface area contributed by atoms with Crippen molar-refractivity contribution in [3.63, 3.8) is 0 Å². The third-order valence-electron chi connectivity index (χ3n) is 5.06. The normalized spacial score (nSPS) is 15.2. The van der Waals surface area contributed by atoms with Crippen LogP contribution in [0.5, 0.6) is 0 Å². The van der Waals surface area contributed by atoms with E-state index in [0.29, 0.717) is 47.1 Å². The number of likely N-dealkylation sites (tertiary alicyclic amines) is 1. The van der Waals surface area contributed by atoms with Crippen molar-refractivity contribution >= 4 is 23.2 Å². The van der Waals surface area contributed by atoms with Crippen LogP contribution in [0.2, 0.25) is 0 Å². The van der Waals surface area contributed by atoms with E-state index in [1.54, 1.807) is 18.9 Å². The minimum absolute atomic E-state index is 0.152. The second kappa shape index (κ2) is 7.22. The number of aliphatic carboxylic acids is 1. The molecule has 0 saturated carbocycles. The average molecular weight is 390 g/mol. The molecule has 0 bridgehead atoms. The minimum Gasteiger partial charge on any atom is -0.481 e. The van der Waals surface area contributed by atoms with E-state index in [-0.39, 0.29) is 11.5 Å². The molecule has 144 valence electrons. The van der Waals surface area contributed by atoms with E-state index in [0.717, 1.165) is 11.3 Å². The molecular weight excluding hydrogens is 368 g/mol. The van der Waals surface area contributed by atoms with Crippen molar-refractivity contribution in [1.82, 2.24) is 19.7 Å². The third kappa shape index (κ3) is 3.51. The number of nitrogens with zero attached hydrogens (tertiary/aromatic N) is 4. The molecule has 0 aromatic carbocycles. The van der Waals surface area contributed by atoms with Gasteiger partial charge in [0.2, 0.25) is 0 Å². The van der Waals surface area contributed by atoms with Gasteiger partial charge < -0.3 is 10.0 Å². The Hall–Kier alpha value is -2.55. The monoisotopic (exact) mass is 390 g/mol. The fourth-order valence-corrected chi connectivity index (χ4v) is 4.40. The van der Waals surface area contributed by atoms with Crippen molar-refractivity contribution in [3.05, 3.63) is 32.2 Å². The van der Waals surface area contributed by atoms with Crippen LogP contribution in [0, 0.1) is 26.7 Å². The van der Waals surface area contributed by atoms with E-state index in [4.69, 9.17) is 5.11 Å². The van der Waals surface area contributed by atoms with Gasteiger partial charge in [-0.3, -0.25) is 14.4 Å². The number of aryl methyl sites for hydroxylation is 3. The van der Waals surface area contributed by atoms with Crippen LogP contribution in [-0.2, 0) is 11.8 Å². The Balaban J connectivity index is 1.91. The van der Waals surface area contributed by atoms with Crippen molar-refractivity contribution in [2.75, 3.05) is 13.1 Å². The Kier molecular flexibility index (Phi) is 5.14. The fraction of sp³-hybridized carbons (Fsp3) is 0.500. The van der Waals surface area contributed by atoms with Gasteiger partial charge in [-0.2, -0.15) is 5.10 Å². The van der Waals surface area contributed by atoms with Gasteiger partial charge >= 0.3 is 5.97 Å². The molecule has 1 amide bonds. The topological polar surface area (TPSA) is 105 Å². The Morgan fingerprint density at radius 1 is 1.15 bits per heavy atom. The summed E-state index contributed by atoms with van der Waals surface area (Å²) in [5.41, 5.74) is 2.31. The van der Waals surface area contributed by atoms with Crippen LogP contribution in [-0.4, -0.2) is 49.7 Å². The summed E-state index contributed by atoms with van der Waals surface area (Å²) in [5.74, 6) is -1.35. The standard InChI is InChI=1S/C18H22N4O4S/c1-9-10(2)20-21(4)16(23)13(9)15-19-11(3)14(27-15)17(24)22-7-5-12(6-8-22)18(25)26/h12H,5-8H2,1-4H3,(H,25,26). The van der Waals surface area contributed by atoms with E-state index in [1.807, 2.05) is 13.8 Å². The highest BCUT2D eigenvalue weighted by Gasteiger charge is 2.30. The quantitative estimate of drug-likeness (QED) is 0.856. The number of carbonyl (C=O) groups excluding carboxylic acids is 1. The number of hydrogen-bond donors (Lipinski definition) is 1. The second-order valence-corrected chi connectivity index (χ2v) is 7.85. The van der Waals surface area contributed by atoms with Crippen LogP contribution in [0.3, 0.4) is 0 Å². The van der Waals surface area contributed by atoms with Gasteiger partial charge in [0, 0.05) is 20.1 Å². The van der Waals surface area contributed by atoms with Gasteiger partial charge in [-0.15, -0.1) is 11.3 Å². The first-order valence-corrected chi connectivity index (χ1v) is 9.56. The Morgan fingerprint density at radius 3 is 2.37 bits per heavy atom. The molecule has 8 nitrogen and oxygen atoms in total. The first-order valence-electron chi connectivity index (χ1n) is 8.75. The summed E-state index contributed by atoms with van der Waals surface area (Å²) in [4.78, 5) is 43.2. The number of hydrogen-bond acceptors (Lipinski definition) is 6. The maximum Gasteiger partial charge on any atom is 0.306 e. The summed E-state index contributed by atoms with van der Waals surface area (Å²) in [5, 5.41) is 13.8. The van der Waals surface area contributed by atoms with Crippen molar-refractivity contribution in [1.29, 1.82) is 0 Å². The number of thiazole rings is 1. The molecule has 1 aliphatic heterocycles. The van der Waals surface area contributed by atoms with E-state index in [1.165, 1.54) is 16.0 Å². The Morgan fingerprint density at radius 2 is 1.78 bits per heavy atom. The minimum atomic E-state index is -0.808. The zero-order chi connectivity index (χ0) is 19.9. The zero-order valence-electron chi connectivity index (χ0n) is 15.8. The van der Waals surface area contributed by atoms with Crippen molar-refractivity contribution < 1.29 is 14.7 Å².